The van der Waals surface area contributed by atoms with E-state index in [1.807, 2.05) is 24.3 Å². The molecule has 0 radical (unpaired) electrons. The lowest BCUT2D eigenvalue weighted by atomic mass is 10.1. The molecule has 0 amide bonds. The Bertz CT molecular complexity index is 344. The van der Waals surface area contributed by atoms with Gasteiger partial charge in [0, 0.05) is 23.8 Å². The Morgan fingerprint density at radius 3 is 2.31 bits per heavy atom. The number of anilines is 1. The summed E-state index contributed by atoms with van der Waals surface area (Å²) in [5.74, 6) is 0.585. The van der Waals surface area contributed by atoms with Crippen molar-refractivity contribution in [1.29, 1.82) is 0 Å². The lowest BCUT2D eigenvalue weighted by molar-refractivity contribution is 0.112. The van der Waals surface area contributed by atoms with E-state index in [0.29, 0.717) is 12.0 Å². The zero-order valence-electron chi connectivity index (χ0n) is 10.6. The molecule has 0 heterocycles. The van der Waals surface area contributed by atoms with Crippen molar-refractivity contribution in [2.45, 2.75) is 33.7 Å². The van der Waals surface area contributed by atoms with Gasteiger partial charge in [0.15, 0.2) is 6.29 Å². The number of hydrogen-bond acceptors (Lipinski definition) is 2. The molecular formula is C14H21NO. The van der Waals surface area contributed by atoms with Crippen LogP contribution in [0.15, 0.2) is 24.3 Å². The Labute approximate surface area is 98.3 Å². The topological polar surface area (TPSA) is 20.3 Å². The van der Waals surface area contributed by atoms with E-state index in [0.717, 1.165) is 24.1 Å². The molecular weight excluding hydrogens is 198 g/mol. The van der Waals surface area contributed by atoms with E-state index >= 15 is 0 Å². The van der Waals surface area contributed by atoms with Crippen molar-refractivity contribution in [2.24, 2.45) is 5.92 Å². The highest BCUT2D eigenvalue weighted by atomic mass is 16.1. The van der Waals surface area contributed by atoms with E-state index < -0.39 is 0 Å². The normalized spacial score (nSPS) is 10.9. The molecule has 0 spiro atoms. The van der Waals surface area contributed by atoms with Crippen LogP contribution < -0.4 is 4.90 Å². The van der Waals surface area contributed by atoms with E-state index in [1.165, 1.54) is 0 Å². The van der Waals surface area contributed by atoms with E-state index in [2.05, 4.69) is 32.6 Å². The lowest BCUT2D eigenvalue weighted by Gasteiger charge is -2.31. The summed E-state index contributed by atoms with van der Waals surface area (Å²) in [7, 11) is 0. The molecule has 88 valence electrons. The average Bonchev–Trinajstić information content (AvgIpc) is 2.25. The molecule has 0 N–H and O–H groups in total. The summed E-state index contributed by atoms with van der Waals surface area (Å²) in [5, 5.41) is 0. The van der Waals surface area contributed by atoms with Gasteiger partial charge in [0.25, 0.3) is 0 Å². The van der Waals surface area contributed by atoms with Crippen LogP contribution in [0, 0.1) is 5.92 Å². The Kier molecular flexibility index (Phi) is 4.53. The molecule has 0 saturated heterocycles. The molecule has 0 atom stereocenters. The molecule has 0 aromatic heterocycles. The summed E-state index contributed by atoms with van der Waals surface area (Å²) < 4.78 is 0. The maximum absolute atomic E-state index is 11.0. The quantitative estimate of drug-likeness (QED) is 0.708. The Balaban J connectivity index is 3.05. The fraction of sp³-hybridized carbons (Fsp3) is 0.500. The van der Waals surface area contributed by atoms with Crippen LogP contribution in [0.4, 0.5) is 5.69 Å². The number of carbonyl (C=O) groups is 1. The minimum Gasteiger partial charge on any atom is -0.368 e. The number of carbonyl (C=O) groups excluding carboxylic acids is 1. The van der Waals surface area contributed by atoms with Gasteiger partial charge in [-0.1, -0.05) is 26.0 Å². The summed E-state index contributed by atoms with van der Waals surface area (Å²) >= 11 is 0. The molecule has 2 nitrogen and oxygen atoms in total. The first-order valence-corrected chi connectivity index (χ1v) is 5.87. The van der Waals surface area contributed by atoms with E-state index in [4.69, 9.17) is 0 Å². The van der Waals surface area contributed by atoms with Crippen LogP contribution >= 0.6 is 0 Å². The third-order valence-corrected chi connectivity index (χ3v) is 2.56. The van der Waals surface area contributed by atoms with Gasteiger partial charge >= 0.3 is 0 Å². The summed E-state index contributed by atoms with van der Waals surface area (Å²) in [5.41, 5.74) is 1.82. The van der Waals surface area contributed by atoms with E-state index in [-0.39, 0.29) is 0 Å². The van der Waals surface area contributed by atoms with Gasteiger partial charge in [0.1, 0.15) is 0 Å². The number of nitrogens with zero attached hydrogens (tertiary/aromatic N) is 1. The summed E-state index contributed by atoms with van der Waals surface area (Å²) in [6.07, 6.45) is 0.936. The highest BCUT2D eigenvalue weighted by molar-refractivity contribution is 5.84. The number of rotatable bonds is 5. The molecule has 1 rings (SSSR count). The van der Waals surface area contributed by atoms with Crippen molar-refractivity contribution in [2.75, 3.05) is 11.4 Å². The molecule has 0 unspecified atom stereocenters. The van der Waals surface area contributed by atoms with Crippen LogP contribution in [0.3, 0.4) is 0 Å². The standard InChI is InChI=1S/C14H21NO/c1-11(2)9-15(12(3)4)14-8-6-5-7-13(14)10-16/h5-8,10-12H,9H2,1-4H3. The third-order valence-electron chi connectivity index (χ3n) is 2.56. The monoisotopic (exact) mass is 219 g/mol. The van der Waals surface area contributed by atoms with Crippen LogP contribution in [-0.2, 0) is 0 Å². The van der Waals surface area contributed by atoms with Crippen molar-refractivity contribution < 1.29 is 4.79 Å². The van der Waals surface area contributed by atoms with Gasteiger partial charge in [-0.3, -0.25) is 4.79 Å². The Morgan fingerprint density at radius 2 is 1.81 bits per heavy atom. The smallest absolute Gasteiger partial charge is 0.152 e. The van der Waals surface area contributed by atoms with Gasteiger partial charge in [0.2, 0.25) is 0 Å². The molecule has 1 aromatic carbocycles. The molecule has 16 heavy (non-hydrogen) atoms. The first kappa shape index (κ1) is 12.8. The first-order chi connectivity index (χ1) is 7.56. The van der Waals surface area contributed by atoms with Crippen molar-refractivity contribution in [3.8, 4) is 0 Å². The highest BCUT2D eigenvalue weighted by Gasteiger charge is 2.14. The number of aldehydes is 1. The molecule has 0 aliphatic carbocycles. The van der Waals surface area contributed by atoms with Crippen LogP contribution in [0.25, 0.3) is 0 Å². The van der Waals surface area contributed by atoms with Gasteiger partial charge < -0.3 is 4.90 Å². The fourth-order valence-corrected chi connectivity index (χ4v) is 1.83. The summed E-state index contributed by atoms with van der Waals surface area (Å²) in [6, 6.07) is 8.19. The number of para-hydroxylation sites is 1. The van der Waals surface area contributed by atoms with Crippen molar-refractivity contribution in [3.63, 3.8) is 0 Å². The van der Waals surface area contributed by atoms with Gasteiger partial charge in [-0.15, -0.1) is 0 Å². The summed E-state index contributed by atoms with van der Waals surface area (Å²) in [6.45, 7) is 9.67. The predicted octanol–water partition coefficient (Wildman–Crippen LogP) is 3.37. The Hall–Kier alpha value is -1.31. The minimum absolute atomic E-state index is 0.406. The molecule has 1 aromatic rings. The second kappa shape index (κ2) is 5.69. The lowest BCUT2D eigenvalue weighted by Crippen LogP contribution is -2.34. The van der Waals surface area contributed by atoms with E-state index in [9.17, 15) is 4.79 Å². The second-order valence-electron chi connectivity index (χ2n) is 4.82. The largest absolute Gasteiger partial charge is 0.368 e. The molecule has 2 heteroatoms. The minimum atomic E-state index is 0.406. The highest BCUT2D eigenvalue weighted by Crippen LogP contribution is 2.22. The van der Waals surface area contributed by atoms with Crippen molar-refractivity contribution >= 4 is 12.0 Å². The predicted molar refractivity (Wildman–Crippen MR) is 69.1 cm³/mol. The van der Waals surface area contributed by atoms with Crippen LogP contribution in [-0.4, -0.2) is 18.9 Å². The van der Waals surface area contributed by atoms with Crippen LogP contribution in [0.1, 0.15) is 38.1 Å². The number of benzene rings is 1. The summed E-state index contributed by atoms with van der Waals surface area (Å²) in [4.78, 5) is 13.3. The second-order valence-corrected chi connectivity index (χ2v) is 4.82. The Morgan fingerprint density at radius 1 is 1.19 bits per heavy atom. The molecule has 0 fully saturated rings. The fourth-order valence-electron chi connectivity index (χ4n) is 1.83. The first-order valence-electron chi connectivity index (χ1n) is 5.87. The van der Waals surface area contributed by atoms with Crippen molar-refractivity contribution in [3.05, 3.63) is 29.8 Å². The van der Waals surface area contributed by atoms with Gasteiger partial charge in [-0.2, -0.15) is 0 Å². The van der Waals surface area contributed by atoms with Gasteiger partial charge in [-0.05, 0) is 31.9 Å². The van der Waals surface area contributed by atoms with E-state index in [1.54, 1.807) is 0 Å². The van der Waals surface area contributed by atoms with Crippen LogP contribution in [0.5, 0.6) is 0 Å². The molecule has 0 aliphatic heterocycles. The van der Waals surface area contributed by atoms with Crippen molar-refractivity contribution in [1.82, 2.24) is 0 Å². The maximum Gasteiger partial charge on any atom is 0.152 e. The SMILES string of the molecule is CC(C)CN(c1ccccc1C=O)C(C)C. The number of hydrogen-bond donors (Lipinski definition) is 0. The zero-order chi connectivity index (χ0) is 12.1. The van der Waals surface area contributed by atoms with Gasteiger partial charge in [-0.25, -0.2) is 0 Å². The zero-order valence-corrected chi connectivity index (χ0v) is 10.6. The maximum atomic E-state index is 11.0. The molecule has 0 saturated carbocycles. The third kappa shape index (κ3) is 3.09. The molecule has 0 bridgehead atoms. The van der Waals surface area contributed by atoms with Gasteiger partial charge in [0.05, 0.1) is 0 Å². The average molecular weight is 219 g/mol. The van der Waals surface area contributed by atoms with Crippen LogP contribution in [0.2, 0.25) is 0 Å². The molecule has 0 aliphatic rings.